The highest BCUT2D eigenvalue weighted by Crippen LogP contribution is 2.28. The van der Waals surface area contributed by atoms with Crippen molar-refractivity contribution in [3.05, 3.63) is 29.3 Å². The molecule has 0 atom stereocenters. The van der Waals surface area contributed by atoms with Gasteiger partial charge in [0.25, 0.3) is 0 Å². The Hall–Kier alpha value is -1.02. The second kappa shape index (κ2) is 5.54. The lowest BCUT2D eigenvalue weighted by Crippen LogP contribution is -2.36. The van der Waals surface area contributed by atoms with E-state index in [-0.39, 0.29) is 5.41 Å². The van der Waals surface area contributed by atoms with E-state index in [1.54, 1.807) is 7.11 Å². The molecular formula is C15H25NO. The first-order chi connectivity index (χ1) is 7.86. The predicted molar refractivity (Wildman–Crippen MR) is 73.9 cm³/mol. The van der Waals surface area contributed by atoms with Gasteiger partial charge in [-0.2, -0.15) is 0 Å². The van der Waals surface area contributed by atoms with Gasteiger partial charge in [-0.05, 0) is 24.1 Å². The Morgan fingerprint density at radius 2 is 1.94 bits per heavy atom. The van der Waals surface area contributed by atoms with Crippen LogP contribution in [-0.4, -0.2) is 19.7 Å². The van der Waals surface area contributed by atoms with Gasteiger partial charge in [0.1, 0.15) is 5.75 Å². The van der Waals surface area contributed by atoms with E-state index in [4.69, 9.17) is 4.74 Å². The molecule has 1 aromatic rings. The summed E-state index contributed by atoms with van der Waals surface area (Å²) in [5, 5.41) is 3.50. The largest absolute Gasteiger partial charge is 0.496 e. The summed E-state index contributed by atoms with van der Waals surface area (Å²) in [6.45, 7) is 11.9. The van der Waals surface area contributed by atoms with Gasteiger partial charge >= 0.3 is 0 Å². The minimum absolute atomic E-state index is 0.116. The summed E-state index contributed by atoms with van der Waals surface area (Å²) < 4.78 is 5.39. The summed E-state index contributed by atoms with van der Waals surface area (Å²) in [6, 6.07) is 6.99. The molecule has 2 heteroatoms. The minimum atomic E-state index is 0.116. The first-order valence-corrected chi connectivity index (χ1v) is 6.25. The third-order valence-corrected chi connectivity index (χ3v) is 3.14. The first-order valence-electron chi connectivity index (χ1n) is 6.25. The molecule has 1 N–H and O–H groups in total. The highest BCUT2D eigenvalue weighted by molar-refractivity contribution is 5.39. The normalized spacial score (nSPS) is 11.9. The topological polar surface area (TPSA) is 21.3 Å². The van der Waals surface area contributed by atoms with E-state index in [1.807, 2.05) is 0 Å². The summed E-state index contributed by atoms with van der Waals surface area (Å²) in [7, 11) is 1.73. The molecule has 1 aromatic carbocycles. The van der Waals surface area contributed by atoms with Crippen LogP contribution in [0.25, 0.3) is 0 Å². The van der Waals surface area contributed by atoms with E-state index in [9.17, 15) is 0 Å². The zero-order valence-electron chi connectivity index (χ0n) is 11.9. The number of benzene rings is 1. The summed E-state index contributed by atoms with van der Waals surface area (Å²) in [5.74, 6) is 0.972. The molecule has 0 aliphatic heterocycles. The highest BCUT2D eigenvalue weighted by atomic mass is 16.5. The number of hydrogen-bond donors (Lipinski definition) is 1. The fourth-order valence-electron chi connectivity index (χ4n) is 1.80. The van der Waals surface area contributed by atoms with Crippen molar-refractivity contribution < 1.29 is 4.74 Å². The smallest absolute Gasteiger partial charge is 0.122 e. The molecule has 0 aliphatic carbocycles. The van der Waals surface area contributed by atoms with Crippen LogP contribution in [0.5, 0.6) is 5.75 Å². The maximum atomic E-state index is 5.39. The Balaban J connectivity index is 2.90. The molecule has 0 unspecified atom stereocenters. The van der Waals surface area contributed by atoms with Crippen molar-refractivity contribution in [2.75, 3.05) is 13.7 Å². The van der Waals surface area contributed by atoms with Crippen molar-refractivity contribution in [2.45, 2.75) is 46.1 Å². The maximum Gasteiger partial charge on any atom is 0.122 e. The molecule has 0 saturated heterocycles. The highest BCUT2D eigenvalue weighted by Gasteiger charge is 2.21. The van der Waals surface area contributed by atoms with Gasteiger partial charge in [0.05, 0.1) is 7.11 Å². The monoisotopic (exact) mass is 235 g/mol. The van der Waals surface area contributed by atoms with Gasteiger partial charge in [-0.3, -0.25) is 0 Å². The fourth-order valence-corrected chi connectivity index (χ4v) is 1.80. The van der Waals surface area contributed by atoms with E-state index in [2.05, 4.69) is 58.1 Å². The van der Waals surface area contributed by atoms with Crippen molar-refractivity contribution in [1.82, 2.24) is 5.32 Å². The fraction of sp³-hybridized carbons (Fsp3) is 0.600. The van der Waals surface area contributed by atoms with Gasteiger partial charge in [0, 0.05) is 18.0 Å². The number of hydrogen-bond acceptors (Lipinski definition) is 2. The van der Waals surface area contributed by atoms with Crippen molar-refractivity contribution in [3.8, 4) is 5.75 Å². The Morgan fingerprint density at radius 3 is 2.47 bits per heavy atom. The SMILES string of the molecule is COc1cc(C(C)(C)CNC(C)C)ccc1C. The molecule has 0 radical (unpaired) electrons. The molecule has 0 amide bonds. The zero-order chi connectivity index (χ0) is 13.1. The van der Waals surface area contributed by atoms with E-state index in [0.29, 0.717) is 6.04 Å². The Morgan fingerprint density at radius 1 is 1.29 bits per heavy atom. The second-order valence-electron chi connectivity index (χ2n) is 5.60. The van der Waals surface area contributed by atoms with Gasteiger partial charge in [0.15, 0.2) is 0 Å². The van der Waals surface area contributed by atoms with Crippen LogP contribution in [0.4, 0.5) is 0 Å². The van der Waals surface area contributed by atoms with Crippen molar-refractivity contribution >= 4 is 0 Å². The van der Waals surface area contributed by atoms with Gasteiger partial charge < -0.3 is 10.1 Å². The standard InChI is InChI=1S/C15H25NO/c1-11(2)16-10-15(4,5)13-8-7-12(3)14(9-13)17-6/h7-9,11,16H,10H2,1-6H3. The van der Waals surface area contributed by atoms with Crippen molar-refractivity contribution in [2.24, 2.45) is 0 Å². The van der Waals surface area contributed by atoms with Crippen LogP contribution in [0.15, 0.2) is 18.2 Å². The molecule has 0 aliphatic rings. The molecule has 17 heavy (non-hydrogen) atoms. The van der Waals surface area contributed by atoms with E-state index < -0.39 is 0 Å². The molecule has 0 aromatic heterocycles. The third-order valence-electron chi connectivity index (χ3n) is 3.14. The van der Waals surface area contributed by atoms with E-state index in [1.165, 1.54) is 11.1 Å². The molecule has 0 saturated carbocycles. The lowest BCUT2D eigenvalue weighted by atomic mass is 9.84. The Bertz CT molecular complexity index is 369. The molecule has 2 nitrogen and oxygen atoms in total. The van der Waals surface area contributed by atoms with Crippen LogP contribution >= 0.6 is 0 Å². The number of nitrogens with one attached hydrogen (secondary N) is 1. The third kappa shape index (κ3) is 3.74. The summed E-state index contributed by atoms with van der Waals surface area (Å²) in [4.78, 5) is 0. The van der Waals surface area contributed by atoms with E-state index in [0.717, 1.165) is 12.3 Å². The van der Waals surface area contributed by atoms with Crippen LogP contribution in [0.2, 0.25) is 0 Å². The van der Waals surface area contributed by atoms with Gasteiger partial charge in [-0.25, -0.2) is 0 Å². The van der Waals surface area contributed by atoms with Gasteiger partial charge in [-0.1, -0.05) is 39.8 Å². The second-order valence-corrected chi connectivity index (χ2v) is 5.60. The molecule has 0 spiro atoms. The number of ether oxygens (including phenoxy) is 1. The lowest BCUT2D eigenvalue weighted by Gasteiger charge is -2.27. The first kappa shape index (κ1) is 14.0. The molecule has 0 fully saturated rings. The van der Waals surface area contributed by atoms with Crippen LogP contribution in [0, 0.1) is 6.92 Å². The molecule has 96 valence electrons. The Labute approximate surface area is 105 Å². The quantitative estimate of drug-likeness (QED) is 0.845. The lowest BCUT2D eigenvalue weighted by molar-refractivity contribution is 0.405. The minimum Gasteiger partial charge on any atom is -0.496 e. The summed E-state index contributed by atoms with van der Waals surface area (Å²) in [6.07, 6.45) is 0. The molecule has 0 bridgehead atoms. The van der Waals surface area contributed by atoms with Crippen LogP contribution in [0.3, 0.4) is 0 Å². The average Bonchev–Trinajstić information content (AvgIpc) is 2.27. The predicted octanol–water partition coefficient (Wildman–Crippen LogP) is 3.28. The maximum absolute atomic E-state index is 5.39. The number of aryl methyl sites for hydroxylation is 1. The number of methoxy groups -OCH3 is 1. The molecule has 0 heterocycles. The Kier molecular flexibility index (Phi) is 4.58. The van der Waals surface area contributed by atoms with Gasteiger partial charge in [0.2, 0.25) is 0 Å². The number of rotatable bonds is 5. The van der Waals surface area contributed by atoms with Crippen LogP contribution < -0.4 is 10.1 Å². The van der Waals surface area contributed by atoms with E-state index >= 15 is 0 Å². The van der Waals surface area contributed by atoms with Crippen LogP contribution in [-0.2, 0) is 5.41 Å². The van der Waals surface area contributed by atoms with Gasteiger partial charge in [-0.15, -0.1) is 0 Å². The van der Waals surface area contributed by atoms with Crippen molar-refractivity contribution in [1.29, 1.82) is 0 Å². The average molecular weight is 235 g/mol. The molecular weight excluding hydrogens is 210 g/mol. The van der Waals surface area contributed by atoms with Crippen LogP contribution in [0.1, 0.15) is 38.8 Å². The molecule has 1 rings (SSSR count). The van der Waals surface area contributed by atoms with Crippen molar-refractivity contribution in [3.63, 3.8) is 0 Å². The summed E-state index contributed by atoms with van der Waals surface area (Å²) >= 11 is 0. The summed E-state index contributed by atoms with van der Waals surface area (Å²) in [5.41, 5.74) is 2.61. The zero-order valence-corrected chi connectivity index (χ0v) is 11.9.